The Kier molecular flexibility index (Phi) is 3.72. The van der Waals surface area contributed by atoms with Crippen molar-refractivity contribution in [1.82, 2.24) is 10.2 Å². The highest BCUT2D eigenvalue weighted by atomic mass is 16.2. The van der Waals surface area contributed by atoms with E-state index >= 15 is 0 Å². The van der Waals surface area contributed by atoms with Gasteiger partial charge in [-0.3, -0.25) is 9.59 Å². The predicted molar refractivity (Wildman–Crippen MR) is 76.3 cm³/mol. The summed E-state index contributed by atoms with van der Waals surface area (Å²) < 4.78 is 0. The van der Waals surface area contributed by atoms with Crippen molar-refractivity contribution < 1.29 is 9.59 Å². The molecule has 1 fully saturated rings. The van der Waals surface area contributed by atoms with Crippen LogP contribution in [0.15, 0.2) is 24.3 Å². The molecular weight excluding hydrogens is 252 g/mol. The summed E-state index contributed by atoms with van der Waals surface area (Å²) in [5.74, 6) is 0.431. The molecule has 1 aromatic carbocycles. The summed E-state index contributed by atoms with van der Waals surface area (Å²) in [5.41, 5.74) is 2.80. The fraction of sp³-hybridized carbons (Fsp3) is 0.500. The molecule has 106 valence electrons. The van der Waals surface area contributed by atoms with Crippen LogP contribution in [0.1, 0.15) is 36.3 Å². The molecule has 0 spiro atoms. The number of fused-ring (bicyclic) bond motifs is 1. The van der Waals surface area contributed by atoms with Crippen LogP contribution in [0.5, 0.6) is 0 Å². The molecular formula is C16H20N2O2. The molecule has 0 aromatic heterocycles. The van der Waals surface area contributed by atoms with E-state index < -0.39 is 0 Å². The largest absolute Gasteiger partial charge is 0.347 e. The Bertz CT molecular complexity index is 527. The van der Waals surface area contributed by atoms with E-state index in [1.807, 2.05) is 4.90 Å². The van der Waals surface area contributed by atoms with E-state index in [0.29, 0.717) is 18.9 Å². The van der Waals surface area contributed by atoms with Crippen LogP contribution in [0.2, 0.25) is 0 Å². The van der Waals surface area contributed by atoms with Crippen molar-refractivity contribution in [3.63, 3.8) is 0 Å². The molecule has 3 rings (SSSR count). The van der Waals surface area contributed by atoms with Crippen LogP contribution in [0.25, 0.3) is 0 Å². The Hall–Kier alpha value is -1.84. The predicted octanol–water partition coefficient (Wildman–Crippen LogP) is 1.45. The molecule has 1 N–H and O–H groups in total. The Labute approximate surface area is 119 Å². The number of rotatable bonds is 2. The first-order valence-corrected chi connectivity index (χ1v) is 7.36. The van der Waals surface area contributed by atoms with Crippen molar-refractivity contribution in [2.24, 2.45) is 0 Å². The summed E-state index contributed by atoms with van der Waals surface area (Å²) in [7, 11) is 0. The van der Waals surface area contributed by atoms with Gasteiger partial charge in [0.25, 0.3) is 0 Å². The van der Waals surface area contributed by atoms with E-state index in [2.05, 4.69) is 29.6 Å². The van der Waals surface area contributed by atoms with Crippen molar-refractivity contribution in [2.45, 2.75) is 31.6 Å². The summed E-state index contributed by atoms with van der Waals surface area (Å²) in [6, 6.07) is 8.54. The lowest BCUT2D eigenvalue weighted by Crippen LogP contribution is -2.38. The van der Waals surface area contributed by atoms with Gasteiger partial charge < -0.3 is 10.2 Å². The lowest BCUT2D eigenvalue weighted by atomic mass is 9.82. The maximum atomic E-state index is 12.1. The highest BCUT2D eigenvalue weighted by Gasteiger charge is 2.26. The Morgan fingerprint density at radius 3 is 2.95 bits per heavy atom. The normalized spacial score (nSPS) is 23.0. The zero-order valence-electron chi connectivity index (χ0n) is 11.6. The minimum Gasteiger partial charge on any atom is -0.347 e. The molecule has 1 aliphatic carbocycles. The lowest BCUT2D eigenvalue weighted by molar-refractivity contribution is -0.130. The molecule has 0 saturated carbocycles. The number of carbonyl (C=O) groups is 2. The zero-order chi connectivity index (χ0) is 13.9. The summed E-state index contributed by atoms with van der Waals surface area (Å²) in [4.78, 5) is 25.3. The third-order valence-corrected chi connectivity index (χ3v) is 4.33. The van der Waals surface area contributed by atoms with Gasteiger partial charge in [0, 0.05) is 25.4 Å². The SMILES string of the molecule is O=C1CCN(CC2CCCc3ccccc32)C(=O)CN1. The van der Waals surface area contributed by atoms with Gasteiger partial charge in [0.15, 0.2) is 0 Å². The van der Waals surface area contributed by atoms with E-state index in [9.17, 15) is 9.59 Å². The van der Waals surface area contributed by atoms with Crippen LogP contribution in [-0.2, 0) is 16.0 Å². The Morgan fingerprint density at radius 1 is 1.20 bits per heavy atom. The second-order valence-electron chi connectivity index (χ2n) is 5.65. The smallest absolute Gasteiger partial charge is 0.241 e. The highest BCUT2D eigenvalue weighted by Crippen LogP contribution is 2.32. The van der Waals surface area contributed by atoms with Gasteiger partial charge in [-0.15, -0.1) is 0 Å². The van der Waals surface area contributed by atoms with Crippen molar-refractivity contribution in [2.75, 3.05) is 19.6 Å². The number of aryl methyl sites for hydroxylation is 1. The van der Waals surface area contributed by atoms with Gasteiger partial charge in [0.05, 0.1) is 6.54 Å². The Balaban J connectivity index is 1.75. The topological polar surface area (TPSA) is 49.4 Å². The van der Waals surface area contributed by atoms with Crippen LogP contribution in [0.4, 0.5) is 0 Å². The number of benzene rings is 1. The molecule has 2 aliphatic rings. The first kappa shape index (κ1) is 13.2. The average Bonchev–Trinajstić information content (AvgIpc) is 2.63. The lowest BCUT2D eigenvalue weighted by Gasteiger charge is -2.30. The van der Waals surface area contributed by atoms with Crippen LogP contribution in [0.3, 0.4) is 0 Å². The van der Waals surface area contributed by atoms with Gasteiger partial charge >= 0.3 is 0 Å². The van der Waals surface area contributed by atoms with Gasteiger partial charge in [-0.2, -0.15) is 0 Å². The van der Waals surface area contributed by atoms with Crippen LogP contribution in [-0.4, -0.2) is 36.3 Å². The highest BCUT2D eigenvalue weighted by molar-refractivity contribution is 5.87. The van der Waals surface area contributed by atoms with E-state index in [1.165, 1.54) is 17.5 Å². The average molecular weight is 272 g/mol. The van der Waals surface area contributed by atoms with Crippen LogP contribution in [0, 0.1) is 0 Å². The molecule has 1 heterocycles. The molecule has 1 aromatic rings. The number of hydrogen-bond donors (Lipinski definition) is 1. The van der Waals surface area contributed by atoms with Gasteiger partial charge in [0.2, 0.25) is 11.8 Å². The Morgan fingerprint density at radius 2 is 2.05 bits per heavy atom. The minimum absolute atomic E-state index is 0.0232. The van der Waals surface area contributed by atoms with Gasteiger partial charge in [-0.1, -0.05) is 24.3 Å². The maximum absolute atomic E-state index is 12.1. The van der Waals surface area contributed by atoms with Crippen molar-refractivity contribution >= 4 is 11.8 Å². The first-order chi connectivity index (χ1) is 9.74. The standard InChI is InChI=1S/C16H20N2O2/c19-15-8-9-18(16(20)10-17-15)11-13-6-3-5-12-4-1-2-7-14(12)13/h1-2,4,7,13H,3,5-6,8-11H2,(H,17,19). The number of carbonyl (C=O) groups excluding carboxylic acids is 2. The maximum Gasteiger partial charge on any atom is 0.241 e. The molecule has 1 aliphatic heterocycles. The van der Waals surface area contributed by atoms with Gasteiger partial charge in [-0.25, -0.2) is 0 Å². The minimum atomic E-state index is -0.0232. The fourth-order valence-corrected chi connectivity index (χ4v) is 3.24. The second-order valence-corrected chi connectivity index (χ2v) is 5.65. The van der Waals surface area contributed by atoms with Crippen molar-refractivity contribution in [3.05, 3.63) is 35.4 Å². The second kappa shape index (κ2) is 5.65. The monoisotopic (exact) mass is 272 g/mol. The van der Waals surface area contributed by atoms with E-state index in [0.717, 1.165) is 19.4 Å². The van der Waals surface area contributed by atoms with Crippen molar-refractivity contribution in [1.29, 1.82) is 0 Å². The summed E-state index contributed by atoms with van der Waals surface area (Å²) in [6.07, 6.45) is 3.86. The van der Waals surface area contributed by atoms with E-state index in [1.54, 1.807) is 0 Å². The molecule has 4 nitrogen and oxygen atoms in total. The molecule has 0 radical (unpaired) electrons. The number of hydrogen-bond acceptors (Lipinski definition) is 2. The van der Waals surface area contributed by atoms with E-state index in [-0.39, 0.29) is 18.4 Å². The quantitative estimate of drug-likeness (QED) is 0.886. The van der Waals surface area contributed by atoms with E-state index in [4.69, 9.17) is 0 Å². The first-order valence-electron chi connectivity index (χ1n) is 7.36. The molecule has 1 saturated heterocycles. The molecule has 0 bridgehead atoms. The van der Waals surface area contributed by atoms with Gasteiger partial charge in [0.1, 0.15) is 0 Å². The summed E-state index contributed by atoms with van der Waals surface area (Å²) in [5, 5.41) is 2.65. The van der Waals surface area contributed by atoms with Crippen LogP contribution < -0.4 is 5.32 Å². The third kappa shape index (κ3) is 2.69. The number of amides is 2. The molecule has 4 heteroatoms. The molecule has 1 unspecified atom stereocenters. The third-order valence-electron chi connectivity index (χ3n) is 4.33. The summed E-state index contributed by atoms with van der Waals surface area (Å²) in [6.45, 7) is 1.43. The van der Waals surface area contributed by atoms with Gasteiger partial charge in [-0.05, 0) is 30.4 Å². The summed E-state index contributed by atoms with van der Waals surface area (Å²) >= 11 is 0. The molecule has 2 amide bonds. The molecule has 1 atom stereocenters. The fourth-order valence-electron chi connectivity index (χ4n) is 3.24. The zero-order valence-corrected chi connectivity index (χ0v) is 11.6. The number of nitrogens with one attached hydrogen (secondary N) is 1. The number of nitrogens with zero attached hydrogens (tertiary/aromatic N) is 1. The van der Waals surface area contributed by atoms with Crippen molar-refractivity contribution in [3.8, 4) is 0 Å². The van der Waals surface area contributed by atoms with Crippen LogP contribution >= 0.6 is 0 Å². The molecule has 20 heavy (non-hydrogen) atoms.